The molecular weight excluding hydrogens is 312 g/mol. The molecule has 1 saturated heterocycles. The molecule has 1 fully saturated rings. The van der Waals surface area contributed by atoms with Crippen molar-refractivity contribution in [2.45, 2.75) is 30.9 Å². The summed E-state index contributed by atoms with van der Waals surface area (Å²) in [4.78, 5) is 2.23. The van der Waals surface area contributed by atoms with Gasteiger partial charge in [0.1, 0.15) is 0 Å². The monoisotopic (exact) mass is 332 g/mol. The highest BCUT2D eigenvalue weighted by molar-refractivity contribution is 7.89. The largest absolute Gasteiger partial charge is 0.392 e. The highest BCUT2D eigenvalue weighted by Crippen LogP contribution is 2.29. The van der Waals surface area contributed by atoms with E-state index >= 15 is 0 Å². The lowest BCUT2D eigenvalue weighted by atomic mass is 10.1. The van der Waals surface area contributed by atoms with E-state index in [1.165, 1.54) is 10.4 Å². The van der Waals surface area contributed by atoms with Crippen LogP contribution in [0.25, 0.3) is 0 Å². The van der Waals surface area contributed by atoms with Gasteiger partial charge >= 0.3 is 0 Å². The Bertz CT molecular complexity index is 631. The van der Waals surface area contributed by atoms with Crippen LogP contribution in [0.3, 0.4) is 0 Å². The molecule has 0 aromatic heterocycles. The maximum atomic E-state index is 12.8. The van der Waals surface area contributed by atoms with Crippen molar-refractivity contribution in [1.29, 1.82) is 0 Å². The molecule has 0 bridgehead atoms. The molecule has 1 N–H and O–H groups in total. The van der Waals surface area contributed by atoms with Gasteiger partial charge in [-0.15, -0.1) is 0 Å². The molecule has 1 aromatic carbocycles. The molecule has 0 saturated carbocycles. The van der Waals surface area contributed by atoms with Gasteiger partial charge in [-0.3, -0.25) is 0 Å². The standard InChI is InChI=1S/C14H21ClN2O3S/c1-10-11(9-18)6-12(15)7-14(10)21(19,20)17-5-4-13(8-17)16(2)3/h6-7,13,18H,4-5,8-9H2,1-3H3. The van der Waals surface area contributed by atoms with Crippen molar-refractivity contribution in [2.24, 2.45) is 0 Å². The smallest absolute Gasteiger partial charge is 0.243 e. The van der Waals surface area contributed by atoms with E-state index in [0.717, 1.165) is 6.42 Å². The lowest BCUT2D eigenvalue weighted by Crippen LogP contribution is -2.34. The summed E-state index contributed by atoms with van der Waals surface area (Å²) in [6, 6.07) is 3.30. The van der Waals surface area contributed by atoms with Crippen molar-refractivity contribution < 1.29 is 13.5 Å². The fourth-order valence-electron chi connectivity index (χ4n) is 2.63. The number of aliphatic hydroxyl groups excluding tert-OH is 1. The lowest BCUT2D eigenvalue weighted by Gasteiger charge is -2.21. The molecule has 0 spiro atoms. The van der Waals surface area contributed by atoms with E-state index in [2.05, 4.69) is 0 Å². The van der Waals surface area contributed by atoms with Crippen molar-refractivity contribution in [3.05, 3.63) is 28.3 Å². The Hall–Kier alpha value is -0.660. The van der Waals surface area contributed by atoms with Crippen LogP contribution in [0.15, 0.2) is 17.0 Å². The second-order valence-corrected chi connectivity index (χ2v) is 7.96. The third-order valence-electron chi connectivity index (χ3n) is 4.08. The number of hydrogen-bond donors (Lipinski definition) is 1. The molecule has 7 heteroatoms. The molecule has 1 aliphatic rings. The number of likely N-dealkylation sites (N-methyl/N-ethyl adjacent to an activating group) is 1. The summed E-state index contributed by atoms with van der Waals surface area (Å²) in [6.07, 6.45) is 0.818. The van der Waals surface area contributed by atoms with Gasteiger partial charge in [0, 0.05) is 24.2 Å². The van der Waals surface area contributed by atoms with Crippen LogP contribution in [0.2, 0.25) is 5.02 Å². The van der Waals surface area contributed by atoms with E-state index in [0.29, 0.717) is 29.2 Å². The van der Waals surface area contributed by atoms with Gasteiger partial charge in [-0.25, -0.2) is 8.42 Å². The van der Waals surface area contributed by atoms with Gasteiger partial charge < -0.3 is 10.0 Å². The number of sulfonamides is 1. The summed E-state index contributed by atoms with van der Waals surface area (Å²) in [6.45, 7) is 2.46. The normalized spacial score (nSPS) is 20.4. The van der Waals surface area contributed by atoms with Crippen molar-refractivity contribution >= 4 is 21.6 Å². The summed E-state index contributed by atoms with van der Waals surface area (Å²) >= 11 is 5.99. The summed E-state index contributed by atoms with van der Waals surface area (Å²) in [5, 5.41) is 9.67. The van der Waals surface area contributed by atoms with E-state index in [1.807, 2.05) is 19.0 Å². The first-order valence-electron chi connectivity index (χ1n) is 6.84. The lowest BCUT2D eigenvalue weighted by molar-refractivity contribution is 0.280. The Balaban J connectivity index is 2.39. The Morgan fingerprint density at radius 2 is 2.10 bits per heavy atom. The number of halogens is 1. The minimum absolute atomic E-state index is 0.193. The van der Waals surface area contributed by atoms with E-state index < -0.39 is 10.0 Å². The number of benzene rings is 1. The molecule has 5 nitrogen and oxygen atoms in total. The van der Waals surface area contributed by atoms with Crippen LogP contribution in [0.4, 0.5) is 0 Å². The number of rotatable bonds is 4. The first-order valence-corrected chi connectivity index (χ1v) is 8.65. The van der Waals surface area contributed by atoms with Crippen molar-refractivity contribution in [2.75, 3.05) is 27.2 Å². The van der Waals surface area contributed by atoms with Gasteiger partial charge in [0.25, 0.3) is 0 Å². The van der Waals surface area contributed by atoms with Gasteiger partial charge in [-0.05, 0) is 50.7 Å². The number of aliphatic hydroxyl groups is 1. The highest BCUT2D eigenvalue weighted by Gasteiger charge is 2.34. The summed E-state index contributed by atoms with van der Waals surface area (Å²) in [5.74, 6) is 0. The third kappa shape index (κ3) is 3.24. The van der Waals surface area contributed by atoms with Crippen molar-refractivity contribution in [3.63, 3.8) is 0 Å². The van der Waals surface area contributed by atoms with Gasteiger partial charge in [0.15, 0.2) is 0 Å². The predicted octanol–water partition coefficient (Wildman–Crippen LogP) is 1.47. The molecule has 1 aromatic rings. The zero-order chi connectivity index (χ0) is 15.8. The SMILES string of the molecule is Cc1c(CO)cc(Cl)cc1S(=O)(=O)N1CCC(N(C)C)C1. The fraction of sp³-hybridized carbons (Fsp3) is 0.571. The first kappa shape index (κ1) is 16.7. The van der Waals surface area contributed by atoms with Gasteiger partial charge in [0.2, 0.25) is 10.0 Å². The quantitative estimate of drug-likeness (QED) is 0.907. The summed E-state index contributed by atoms with van der Waals surface area (Å²) in [7, 11) is 0.328. The average molecular weight is 333 g/mol. The fourth-order valence-corrected chi connectivity index (χ4v) is 4.72. The second kappa shape index (κ2) is 6.22. The van der Waals surface area contributed by atoms with Gasteiger partial charge in [-0.2, -0.15) is 4.31 Å². The zero-order valence-electron chi connectivity index (χ0n) is 12.5. The van der Waals surface area contributed by atoms with Crippen LogP contribution in [0.5, 0.6) is 0 Å². The maximum absolute atomic E-state index is 12.8. The third-order valence-corrected chi connectivity index (χ3v) is 6.29. The predicted molar refractivity (Wildman–Crippen MR) is 83.0 cm³/mol. The molecule has 1 atom stereocenters. The topological polar surface area (TPSA) is 60.9 Å². The number of nitrogens with zero attached hydrogens (tertiary/aromatic N) is 2. The summed E-state index contributed by atoms with van der Waals surface area (Å²) < 4.78 is 27.1. The van der Waals surface area contributed by atoms with Crippen LogP contribution in [-0.2, 0) is 16.6 Å². The molecule has 0 amide bonds. The van der Waals surface area contributed by atoms with Crippen molar-refractivity contribution in [3.8, 4) is 0 Å². The first-order chi connectivity index (χ1) is 9.77. The Morgan fingerprint density at radius 1 is 1.43 bits per heavy atom. The van der Waals surface area contributed by atoms with Crippen LogP contribution in [0.1, 0.15) is 17.5 Å². The van der Waals surface area contributed by atoms with E-state index in [9.17, 15) is 13.5 Å². The Morgan fingerprint density at radius 3 is 2.62 bits per heavy atom. The maximum Gasteiger partial charge on any atom is 0.243 e. The van der Waals surface area contributed by atoms with Crippen LogP contribution in [-0.4, -0.2) is 56.0 Å². The molecule has 1 heterocycles. The minimum atomic E-state index is -3.58. The second-order valence-electron chi connectivity index (χ2n) is 5.62. The molecular formula is C14H21ClN2O3S. The summed E-state index contributed by atoms with van der Waals surface area (Å²) in [5.41, 5.74) is 1.11. The molecule has 1 unspecified atom stereocenters. The minimum Gasteiger partial charge on any atom is -0.392 e. The number of hydrogen-bond acceptors (Lipinski definition) is 4. The van der Waals surface area contributed by atoms with E-state index in [1.54, 1.807) is 13.0 Å². The van der Waals surface area contributed by atoms with Crippen LogP contribution in [0, 0.1) is 6.92 Å². The van der Waals surface area contributed by atoms with Gasteiger partial charge in [-0.1, -0.05) is 11.6 Å². The Labute approximate surface area is 131 Å². The highest BCUT2D eigenvalue weighted by atomic mass is 35.5. The molecule has 118 valence electrons. The van der Waals surface area contributed by atoms with Gasteiger partial charge in [0.05, 0.1) is 11.5 Å². The molecule has 2 rings (SSSR count). The molecule has 21 heavy (non-hydrogen) atoms. The Kier molecular flexibility index (Phi) is 4.95. The molecule has 1 aliphatic heterocycles. The van der Waals surface area contributed by atoms with Crippen molar-refractivity contribution in [1.82, 2.24) is 9.21 Å². The average Bonchev–Trinajstić information content (AvgIpc) is 2.91. The zero-order valence-corrected chi connectivity index (χ0v) is 14.1. The van der Waals surface area contributed by atoms with E-state index in [4.69, 9.17) is 11.6 Å². The molecule has 0 radical (unpaired) electrons. The van der Waals surface area contributed by atoms with Crippen LogP contribution >= 0.6 is 11.6 Å². The van der Waals surface area contributed by atoms with E-state index in [-0.39, 0.29) is 17.5 Å². The molecule has 0 aliphatic carbocycles. The van der Waals surface area contributed by atoms with Crippen LogP contribution < -0.4 is 0 Å².